The summed E-state index contributed by atoms with van der Waals surface area (Å²) in [5.41, 5.74) is 1.44. The van der Waals surface area contributed by atoms with Crippen molar-refractivity contribution in [2.24, 2.45) is 5.10 Å². The van der Waals surface area contributed by atoms with Gasteiger partial charge in [-0.25, -0.2) is 5.43 Å². The molecule has 2 aromatic rings. The first kappa shape index (κ1) is 20.2. The minimum atomic E-state index is -4.48. The van der Waals surface area contributed by atoms with Crippen LogP contribution < -0.4 is 10.7 Å². The fourth-order valence-electron chi connectivity index (χ4n) is 1.94. The van der Waals surface area contributed by atoms with Crippen molar-refractivity contribution in [2.75, 3.05) is 11.9 Å². The first-order valence-electron chi connectivity index (χ1n) is 7.34. The van der Waals surface area contributed by atoms with Crippen LogP contribution in [0.1, 0.15) is 11.1 Å². The Morgan fingerprint density at radius 2 is 2.00 bits per heavy atom. The van der Waals surface area contributed by atoms with Crippen molar-refractivity contribution in [3.8, 4) is 0 Å². The first-order chi connectivity index (χ1) is 12.7. The zero-order valence-electron chi connectivity index (χ0n) is 13.5. The van der Waals surface area contributed by atoms with Gasteiger partial charge in [-0.2, -0.15) is 18.3 Å². The topological polar surface area (TPSA) is 96.6 Å². The van der Waals surface area contributed by atoms with E-state index in [9.17, 15) is 28.1 Å². The maximum Gasteiger partial charge on any atom is 0.416 e. The number of anilines is 1. The highest BCUT2D eigenvalue weighted by Gasteiger charge is 2.30. The zero-order valence-corrected chi connectivity index (χ0v) is 14.2. The summed E-state index contributed by atoms with van der Waals surface area (Å²) >= 11 is 5.88. The maximum absolute atomic E-state index is 12.6. The number of benzene rings is 2. The smallest absolute Gasteiger partial charge is 0.376 e. The van der Waals surface area contributed by atoms with Gasteiger partial charge in [-0.3, -0.25) is 14.9 Å². The van der Waals surface area contributed by atoms with E-state index in [-0.39, 0.29) is 28.5 Å². The molecule has 0 aromatic heterocycles. The molecule has 7 nitrogen and oxygen atoms in total. The number of rotatable bonds is 6. The fourth-order valence-corrected chi connectivity index (χ4v) is 2.11. The van der Waals surface area contributed by atoms with E-state index in [1.54, 1.807) is 0 Å². The molecule has 0 spiro atoms. The molecular weight excluding hydrogens is 389 g/mol. The van der Waals surface area contributed by atoms with Crippen LogP contribution in [0.15, 0.2) is 47.6 Å². The van der Waals surface area contributed by atoms with E-state index in [4.69, 9.17) is 11.6 Å². The number of hydrogen-bond acceptors (Lipinski definition) is 5. The number of nitro benzene ring substituents is 1. The average molecular weight is 401 g/mol. The van der Waals surface area contributed by atoms with Crippen LogP contribution in [0, 0.1) is 10.1 Å². The molecule has 2 aromatic carbocycles. The highest BCUT2D eigenvalue weighted by Crippen LogP contribution is 2.30. The van der Waals surface area contributed by atoms with E-state index in [1.807, 2.05) is 0 Å². The summed E-state index contributed by atoms with van der Waals surface area (Å²) in [6.07, 6.45) is -3.36. The molecule has 0 saturated heterocycles. The minimum absolute atomic E-state index is 0.116. The van der Waals surface area contributed by atoms with E-state index < -0.39 is 22.6 Å². The molecule has 0 saturated carbocycles. The van der Waals surface area contributed by atoms with Gasteiger partial charge in [0.05, 0.1) is 23.2 Å². The number of nitro groups is 1. The Balaban J connectivity index is 1.93. The summed E-state index contributed by atoms with van der Waals surface area (Å²) in [4.78, 5) is 21.8. The molecule has 2 N–H and O–H groups in total. The molecule has 0 atom stereocenters. The highest BCUT2D eigenvalue weighted by atomic mass is 35.5. The number of nitrogens with zero attached hydrogens (tertiary/aromatic N) is 2. The maximum atomic E-state index is 12.6. The zero-order chi connectivity index (χ0) is 20.0. The third-order valence-corrected chi connectivity index (χ3v) is 3.57. The van der Waals surface area contributed by atoms with Crippen LogP contribution in [-0.2, 0) is 11.0 Å². The summed E-state index contributed by atoms with van der Waals surface area (Å²) < 4.78 is 37.9. The number of carbonyl (C=O) groups excluding carboxylic acids is 1. The lowest BCUT2D eigenvalue weighted by atomic mass is 10.2. The second kappa shape index (κ2) is 8.49. The normalized spacial score (nSPS) is 11.4. The van der Waals surface area contributed by atoms with Gasteiger partial charge in [0.1, 0.15) is 0 Å². The molecule has 0 aliphatic heterocycles. The summed E-state index contributed by atoms with van der Waals surface area (Å²) in [5, 5.41) is 17.1. The fraction of sp³-hybridized carbons (Fsp3) is 0.125. The van der Waals surface area contributed by atoms with Gasteiger partial charge in [0, 0.05) is 28.4 Å². The average Bonchev–Trinajstić information content (AvgIpc) is 2.61. The molecule has 11 heteroatoms. The number of alkyl halides is 3. The van der Waals surface area contributed by atoms with E-state index in [2.05, 4.69) is 15.8 Å². The van der Waals surface area contributed by atoms with Gasteiger partial charge in [-0.15, -0.1) is 0 Å². The van der Waals surface area contributed by atoms with Crippen molar-refractivity contribution in [1.29, 1.82) is 0 Å². The number of carbonyl (C=O) groups is 1. The van der Waals surface area contributed by atoms with Crippen molar-refractivity contribution in [1.82, 2.24) is 5.43 Å². The van der Waals surface area contributed by atoms with Crippen molar-refractivity contribution in [2.45, 2.75) is 6.18 Å². The highest BCUT2D eigenvalue weighted by molar-refractivity contribution is 6.33. The third-order valence-electron chi connectivity index (χ3n) is 3.23. The van der Waals surface area contributed by atoms with Gasteiger partial charge in [-0.1, -0.05) is 17.7 Å². The molecule has 1 amide bonds. The second-order valence-electron chi connectivity index (χ2n) is 5.19. The monoisotopic (exact) mass is 400 g/mol. The third kappa shape index (κ3) is 5.96. The molecule has 0 bridgehead atoms. The summed E-state index contributed by atoms with van der Waals surface area (Å²) in [5.74, 6) is -0.634. The molecular formula is C16H12ClF3N4O3. The van der Waals surface area contributed by atoms with Crippen molar-refractivity contribution < 1.29 is 22.9 Å². The van der Waals surface area contributed by atoms with E-state index in [0.29, 0.717) is 0 Å². The van der Waals surface area contributed by atoms with Gasteiger partial charge in [0.2, 0.25) is 0 Å². The lowest BCUT2D eigenvalue weighted by Crippen LogP contribution is -2.26. The molecule has 142 valence electrons. The molecule has 0 fully saturated rings. The van der Waals surface area contributed by atoms with Crippen LogP contribution >= 0.6 is 11.6 Å². The lowest BCUT2D eigenvalue weighted by molar-refractivity contribution is -0.384. The Morgan fingerprint density at radius 3 is 2.67 bits per heavy atom. The van der Waals surface area contributed by atoms with Crippen LogP contribution in [0.3, 0.4) is 0 Å². The molecule has 0 aliphatic carbocycles. The Labute approximate surface area is 156 Å². The van der Waals surface area contributed by atoms with Gasteiger partial charge in [0.15, 0.2) is 0 Å². The van der Waals surface area contributed by atoms with Gasteiger partial charge in [0.25, 0.3) is 11.6 Å². The predicted molar refractivity (Wildman–Crippen MR) is 93.8 cm³/mol. The van der Waals surface area contributed by atoms with E-state index in [0.717, 1.165) is 18.3 Å². The molecule has 0 radical (unpaired) electrons. The molecule has 2 rings (SSSR count). The van der Waals surface area contributed by atoms with Crippen LogP contribution in [0.5, 0.6) is 0 Å². The number of hydrazone groups is 1. The van der Waals surface area contributed by atoms with Crippen LogP contribution in [0.2, 0.25) is 5.02 Å². The Hall–Kier alpha value is -3.14. The standard InChI is InChI=1S/C16H12ClF3N4O3/c17-14-5-4-13(24(26)27)6-10(14)8-22-23-15(25)9-21-12-3-1-2-11(7-12)16(18,19)20/h1-8,21H,9H2,(H,23,25)/b22-8-. The number of nitrogens with one attached hydrogen (secondary N) is 2. The molecule has 27 heavy (non-hydrogen) atoms. The van der Waals surface area contributed by atoms with E-state index in [1.165, 1.54) is 30.3 Å². The van der Waals surface area contributed by atoms with Crippen LogP contribution in [0.4, 0.5) is 24.5 Å². The van der Waals surface area contributed by atoms with Gasteiger partial charge < -0.3 is 5.32 Å². The summed E-state index contributed by atoms with van der Waals surface area (Å²) in [6.45, 7) is -0.332. The predicted octanol–water partition coefficient (Wildman–Crippen LogP) is 3.83. The molecule has 0 heterocycles. The Bertz CT molecular complexity index is 887. The summed E-state index contributed by atoms with van der Waals surface area (Å²) in [7, 11) is 0. The Morgan fingerprint density at radius 1 is 1.26 bits per heavy atom. The first-order valence-corrected chi connectivity index (χ1v) is 7.71. The number of halogens is 4. The molecule has 0 aliphatic rings. The van der Waals surface area contributed by atoms with Crippen molar-refractivity contribution >= 4 is 35.1 Å². The van der Waals surface area contributed by atoms with Crippen molar-refractivity contribution in [3.63, 3.8) is 0 Å². The lowest BCUT2D eigenvalue weighted by Gasteiger charge is -2.10. The Kier molecular flexibility index (Phi) is 6.35. The quantitative estimate of drug-likeness (QED) is 0.437. The number of amides is 1. The van der Waals surface area contributed by atoms with Crippen molar-refractivity contribution in [3.05, 3.63) is 68.7 Å². The molecule has 0 unspecified atom stereocenters. The van der Waals surface area contributed by atoms with Crippen LogP contribution in [-0.4, -0.2) is 23.6 Å². The second-order valence-corrected chi connectivity index (χ2v) is 5.60. The van der Waals surface area contributed by atoms with Crippen LogP contribution in [0.25, 0.3) is 0 Å². The largest absolute Gasteiger partial charge is 0.416 e. The number of hydrogen-bond donors (Lipinski definition) is 2. The summed E-state index contributed by atoms with van der Waals surface area (Å²) in [6, 6.07) is 8.10. The minimum Gasteiger partial charge on any atom is -0.376 e. The van der Waals surface area contributed by atoms with Gasteiger partial charge >= 0.3 is 6.18 Å². The van der Waals surface area contributed by atoms with E-state index >= 15 is 0 Å². The van der Waals surface area contributed by atoms with Gasteiger partial charge in [-0.05, 0) is 24.3 Å². The number of non-ortho nitro benzene ring substituents is 1. The SMILES string of the molecule is O=C(CNc1cccc(C(F)(F)F)c1)N/N=C\c1cc([N+](=O)[O-])ccc1Cl.